The van der Waals surface area contributed by atoms with Crippen LogP contribution in [0.3, 0.4) is 0 Å². The molecule has 0 spiro atoms. The van der Waals surface area contributed by atoms with Crippen LogP contribution in [-0.2, 0) is 6.18 Å². The molecule has 0 aromatic heterocycles. The van der Waals surface area contributed by atoms with Crippen LogP contribution in [-0.4, -0.2) is 11.0 Å². The fourth-order valence-corrected chi connectivity index (χ4v) is 1.83. The van der Waals surface area contributed by atoms with Crippen molar-refractivity contribution >= 4 is 23.2 Å². The summed E-state index contributed by atoms with van der Waals surface area (Å²) in [6, 6.07) is 8.05. The summed E-state index contributed by atoms with van der Waals surface area (Å²) < 4.78 is 37.7. The molecule has 0 radical (unpaired) electrons. The molecule has 2 N–H and O–H groups in total. The number of hydrogen-bond acceptors (Lipinski definition) is 2. The Morgan fingerprint density at radius 1 is 1.14 bits per heavy atom. The first kappa shape index (κ1) is 15.2. The predicted molar refractivity (Wildman–Crippen MR) is 72.5 cm³/mol. The van der Waals surface area contributed by atoms with E-state index in [-0.39, 0.29) is 22.0 Å². The van der Waals surface area contributed by atoms with Gasteiger partial charge in [0.2, 0.25) is 0 Å². The highest BCUT2D eigenvalue weighted by atomic mass is 35.5. The Morgan fingerprint density at radius 3 is 2.48 bits per heavy atom. The molecule has 0 aliphatic heterocycles. The molecule has 0 fully saturated rings. The summed E-state index contributed by atoms with van der Waals surface area (Å²) in [6.45, 7) is 0. The second-order valence-electron chi connectivity index (χ2n) is 4.19. The van der Waals surface area contributed by atoms with Gasteiger partial charge in [0.1, 0.15) is 5.75 Å². The van der Waals surface area contributed by atoms with Gasteiger partial charge >= 0.3 is 6.18 Å². The molecule has 110 valence electrons. The molecule has 7 heteroatoms. The zero-order valence-corrected chi connectivity index (χ0v) is 11.2. The number of hydrogen-bond donors (Lipinski definition) is 2. The van der Waals surface area contributed by atoms with Crippen LogP contribution in [0.5, 0.6) is 5.75 Å². The number of benzene rings is 2. The molecule has 21 heavy (non-hydrogen) atoms. The second-order valence-corrected chi connectivity index (χ2v) is 4.63. The van der Waals surface area contributed by atoms with E-state index in [0.717, 1.165) is 12.1 Å². The highest BCUT2D eigenvalue weighted by Crippen LogP contribution is 2.31. The molecule has 2 aromatic carbocycles. The summed E-state index contributed by atoms with van der Waals surface area (Å²) in [6.07, 6.45) is -4.50. The van der Waals surface area contributed by atoms with Crippen molar-refractivity contribution in [2.24, 2.45) is 0 Å². The molecule has 0 aliphatic carbocycles. The standard InChI is InChI=1S/C14H9ClF3NO2/c15-9-4-5-11(12(20)7-9)13(21)19-10-3-1-2-8(6-10)14(16,17)18/h1-7,20H,(H,19,21). The third-order valence-corrected chi connectivity index (χ3v) is 2.89. The lowest BCUT2D eigenvalue weighted by Gasteiger charge is -2.10. The summed E-state index contributed by atoms with van der Waals surface area (Å²) >= 11 is 5.64. The van der Waals surface area contributed by atoms with Gasteiger partial charge in [-0.25, -0.2) is 0 Å². The minimum absolute atomic E-state index is 0.0239. The van der Waals surface area contributed by atoms with Crippen molar-refractivity contribution < 1.29 is 23.1 Å². The SMILES string of the molecule is O=C(Nc1cccc(C(F)(F)F)c1)c1ccc(Cl)cc1O. The number of phenolic OH excluding ortho intramolecular Hbond substituents is 1. The number of halogens is 4. The quantitative estimate of drug-likeness (QED) is 0.867. The third-order valence-electron chi connectivity index (χ3n) is 2.65. The van der Waals surface area contributed by atoms with Crippen LogP contribution in [0.2, 0.25) is 5.02 Å². The van der Waals surface area contributed by atoms with Gasteiger partial charge < -0.3 is 10.4 Å². The van der Waals surface area contributed by atoms with Crippen LogP contribution in [0, 0.1) is 0 Å². The summed E-state index contributed by atoms with van der Waals surface area (Å²) in [5.74, 6) is -1.09. The highest BCUT2D eigenvalue weighted by Gasteiger charge is 2.30. The van der Waals surface area contributed by atoms with Crippen LogP contribution in [0.15, 0.2) is 42.5 Å². The van der Waals surface area contributed by atoms with Crippen molar-refractivity contribution in [2.45, 2.75) is 6.18 Å². The number of aromatic hydroxyl groups is 1. The van der Waals surface area contributed by atoms with Gasteiger partial charge in [0.15, 0.2) is 0 Å². The number of anilines is 1. The minimum Gasteiger partial charge on any atom is -0.507 e. The van der Waals surface area contributed by atoms with Crippen molar-refractivity contribution in [3.63, 3.8) is 0 Å². The average Bonchev–Trinajstić information content (AvgIpc) is 2.37. The number of carbonyl (C=O) groups is 1. The Kier molecular flexibility index (Phi) is 4.09. The van der Waals surface area contributed by atoms with E-state index in [1.54, 1.807) is 0 Å². The van der Waals surface area contributed by atoms with Crippen molar-refractivity contribution in [3.8, 4) is 5.75 Å². The van der Waals surface area contributed by atoms with Gasteiger partial charge in [0.05, 0.1) is 11.1 Å². The molecule has 2 rings (SSSR count). The Hall–Kier alpha value is -2.21. The van der Waals surface area contributed by atoms with Crippen molar-refractivity contribution in [3.05, 3.63) is 58.6 Å². The van der Waals surface area contributed by atoms with E-state index in [2.05, 4.69) is 5.32 Å². The largest absolute Gasteiger partial charge is 0.507 e. The fraction of sp³-hybridized carbons (Fsp3) is 0.0714. The summed E-state index contributed by atoms with van der Waals surface area (Å²) in [5.41, 5.74) is -0.985. The Balaban J connectivity index is 2.24. The van der Waals surface area contributed by atoms with Gasteiger partial charge in [-0.2, -0.15) is 13.2 Å². The first-order valence-corrected chi connectivity index (χ1v) is 6.12. The van der Waals surface area contributed by atoms with Gasteiger partial charge in [-0.3, -0.25) is 4.79 Å². The van der Waals surface area contributed by atoms with E-state index in [4.69, 9.17) is 11.6 Å². The molecule has 3 nitrogen and oxygen atoms in total. The molecule has 0 heterocycles. The van der Waals surface area contributed by atoms with E-state index >= 15 is 0 Å². The average molecular weight is 316 g/mol. The second kappa shape index (κ2) is 5.65. The lowest BCUT2D eigenvalue weighted by atomic mass is 10.1. The van der Waals surface area contributed by atoms with E-state index in [1.165, 1.54) is 30.3 Å². The maximum atomic E-state index is 12.6. The maximum Gasteiger partial charge on any atom is 0.416 e. The van der Waals surface area contributed by atoms with E-state index < -0.39 is 17.6 Å². The Morgan fingerprint density at radius 2 is 1.86 bits per heavy atom. The van der Waals surface area contributed by atoms with Gasteiger partial charge in [0.25, 0.3) is 5.91 Å². The molecular weight excluding hydrogens is 307 g/mol. The molecule has 0 unspecified atom stereocenters. The molecule has 1 amide bonds. The van der Waals surface area contributed by atoms with Crippen molar-refractivity contribution in [1.82, 2.24) is 0 Å². The first-order valence-electron chi connectivity index (χ1n) is 5.74. The lowest BCUT2D eigenvalue weighted by Crippen LogP contribution is -2.13. The topological polar surface area (TPSA) is 49.3 Å². The number of amides is 1. The number of nitrogens with one attached hydrogen (secondary N) is 1. The van der Waals surface area contributed by atoms with E-state index in [0.29, 0.717) is 0 Å². The van der Waals surface area contributed by atoms with Crippen LogP contribution in [0.25, 0.3) is 0 Å². The molecule has 2 aromatic rings. The lowest BCUT2D eigenvalue weighted by molar-refractivity contribution is -0.137. The predicted octanol–water partition coefficient (Wildman–Crippen LogP) is 4.32. The number of rotatable bonds is 2. The summed E-state index contributed by atoms with van der Waals surface area (Å²) in [4.78, 5) is 11.9. The van der Waals surface area contributed by atoms with Crippen LogP contribution < -0.4 is 5.32 Å². The zero-order chi connectivity index (χ0) is 15.6. The number of alkyl halides is 3. The van der Waals surface area contributed by atoms with Crippen LogP contribution >= 0.6 is 11.6 Å². The van der Waals surface area contributed by atoms with Crippen molar-refractivity contribution in [1.29, 1.82) is 0 Å². The Labute approximate surface area is 123 Å². The highest BCUT2D eigenvalue weighted by molar-refractivity contribution is 6.30. The number of phenols is 1. The molecule has 0 aliphatic rings. The fourth-order valence-electron chi connectivity index (χ4n) is 1.67. The zero-order valence-electron chi connectivity index (χ0n) is 10.4. The monoisotopic (exact) mass is 315 g/mol. The molecule has 0 saturated heterocycles. The minimum atomic E-state index is -4.50. The van der Waals surface area contributed by atoms with Crippen LogP contribution in [0.1, 0.15) is 15.9 Å². The van der Waals surface area contributed by atoms with E-state index in [1.807, 2.05) is 0 Å². The van der Waals surface area contributed by atoms with Gasteiger partial charge in [-0.15, -0.1) is 0 Å². The van der Waals surface area contributed by atoms with Gasteiger partial charge in [0, 0.05) is 10.7 Å². The molecule has 0 atom stereocenters. The molecule has 0 bridgehead atoms. The normalized spacial score (nSPS) is 11.2. The van der Waals surface area contributed by atoms with Crippen LogP contribution in [0.4, 0.5) is 18.9 Å². The smallest absolute Gasteiger partial charge is 0.416 e. The molecular formula is C14H9ClF3NO2. The summed E-state index contributed by atoms with van der Waals surface area (Å²) in [7, 11) is 0. The van der Waals surface area contributed by atoms with Gasteiger partial charge in [-0.05, 0) is 36.4 Å². The van der Waals surface area contributed by atoms with E-state index in [9.17, 15) is 23.1 Å². The first-order chi connectivity index (χ1) is 9.77. The maximum absolute atomic E-state index is 12.6. The summed E-state index contributed by atoms with van der Waals surface area (Å²) in [5, 5.41) is 12.1. The van der Waals surface area contributed by atoms with Crippen molar-refractivity contribution in [2.75, 3.05) is 5.32 Å². The number of carbonyl (C=O) groups excluding carboxylic acids is 1. The Bertz CT molecular complexity index is 686. The molecule has 0 saturated carbocycles. The van der Waals surface area contributed by atoms with Gasteiger partial charge in [-0.1, -0.05) is 17.7 Å². The third kappa shape index (κ3) is 3.66.